The maximum Gasteiger partial charge on any atom is 0.147 e. The fourth-order valence-electron chi connectivity index (χ4n) is 1.45. The SMILES string of the molecule is C=CCOC(C)CNc1ncnc2ccsc12. The van der Waals surface area contributed by atoms with E-state index in [1.165, 1.54) is 0 Å². The maximum atomic E-state index is 5.49. The van der Waals surface area contributed by atoms with Crippen LogP contribution >= 0.6 is 11.3 Å². The second-order valence-electron chi connectivity index (χ2n) is 3.67. The molecule has 2 heterocycles. The minimum absolute atomic E-state index is 0.123. The van der Waals surface area contributed by atoms with Gasteiger partial charge in [0.1, 0.15) is 12.1 Å². The first-order chi connectivity index (χ1) is 8.31. The second kappa shape index (κ2) is 5.75. The number of hydrogen-bond acceptors (Lipinski definition) is 5. The van der Waals surface area contributed by atoms with Crippen molar-refractivity contribution in [3.8, 4) is 0 Å². The zero-order valence-corrected chi connectivity index (χ0v) is 10.5. The van der Waals surface area contributed by atoms with Crippen molar-refractivity contribution in [3.63, 3.8) is 0 Å². The summed E-state index contributed by atoms with van der Waals surface area (Å²) < 4.78 is 6.57. The summed E-state index contributed by atoms with van der Waals surface area (Å²) in [6, 6.07) is 1.99. The van der Waals surface area contributed by atoms with Crippen LogP contribution in [0.2, 0.25) is 0 Å². The van der Waals surface area contributed by atoms with Gasteiger partial charge in [-0.1, -0.05) is 6.08 Å². The molecule has 0 bridgehead atoms. The number of nitrogens with one attached hydrogen (secondary N) is 1. The molecule has 0 saturated heterocycles. The number of ether oxygens (including phenoxy) is 1. The van der Waals surface area contributed by atoms with Crippen molar-refractivity contribution >= 4 is 27.4 Å². The summed E-state index contributed by atoms with van der Waals surface area (Å²) in [7, 11) is 0. The number of nitrogens with zero attached hydrogens (tertiary/aromatic N) is 2. The largest absolute Gasteiger partial charge is 0.373 e. The van der Waals surface area contributed by atoms with Crippen LogP contribution < -0.4 is 5.32 Å². The highest BCUT2D eigenvalue weighted by Crippen LogP contribution is 2.24. The molecule has 2 aromatic rings. The van der Waals surface area contributed by atoms with Crippen molar-refractivity contribution in [2.45, 2.75) is 13.0 Å². The lowest BCUT2D eigenvalue weighted by atomic mass is 10.4. The molecule has 0 aliphatic carbocycles. The number of rotatable bonds is 6. The van der Waals surface area contributed by atoms with Crippen LogP contribution in [0.1, 0.15) is 6.92 Å². The highest BCUT2D eigenvalue weighted by molar-refractivity contribution is 7.17. The van der Waals surface area contributed by atoms with Crippen LogP contribution in [0.25, 0.3) is 10.2 Å². The highest BCUT2D eigenvalue weighted by Gasteiger charge is 2.06. The molecule has 0 radical (unpaired) electrons. The van der Waals surface area contributed by atoms with Crippen LogP contribution in [-0.4, -0.2) is 29.2 Å². The van der Waals surface area contributed by atoms with Gasteiger partial charge in [0.15, 0.2) is 0 Å². The van der Waals surface area contributed by atoms with E-state index in [1.807, 2.05) is 18.4 Å². The zero-order valence-electron chi connectivity index (χ0n) is 9.72. The summed E-state index contributed by atoms with van der Waals surface area (Å²) >= 11 is 1.64. The van der Waals surface area contributed by atoms with Gasteiger partial charge in [0, 0.05) is 6.54 Å². The van der Waals surface area contributed by atoms with Gasteiger partial charge in [-0.15, -0.1) is 17.9 Å². The molecule has 1 atom stereocenters. The fourth-order valence-corrected chi connectivity index (χ4v) is 2.26. The van der Waals surface area contributed by atoms with Gasteiger partial charge in [-0.3, -0.25) is 0 Å². The lowest BCUT2D eigenvalue weighted by molar-refractivity contribution is 0.0979. The van der Waals surface area contributed by atoms with Gasteiger partial charge in [-0.2, -0.15) is 0 Å². The summed E-state index contributed by atoms with van der Waals surface area (Å²) in [6.45, 7) is 6.93. The summed E-state index contributed by atoms with van der Waals surface area (Å²) in [4.78, 5) is 8.44. The molecule has 2 rings (SSSR count). The topological polar surface area (TPSA) is 47.0 Å². The van der Waals surface area contributed by atoms with Crippen molar-refractivity contribution in [1.29, 1.82) is 0 Å². The van der Waals surface area contributed by atoms with Crippen molar-refractivity contribution in [1.82, 2.24) is 9.97 Å². The molecule has 0 aliphatic heterocycles. The van der Waals surface area contributed by atoms with E-state index in [1.54, 1.807) is 23.7 Å². The van der Waals surface area contributed by atoms with E-state index in [0.29, 0.717) is 6.61 Å². The fraction of sp³-hybridized carbons (Fsp3) is 0.333. The smallest absolute Gasteiger partial charge is 0.147 e. The van der Waals surface area contributed by atoms with Crippen molar-refractivity contribution < 1.29 is 4.74 Å². The predicted octanol–water partition coefficient (Wildman–Crippen LogP) is 2.69. The predicted molar refractivity (Wildman–Crippen MR) is 71.5 cm³/mol. The Labute approximate surface area is 104 Å². The molecule has 1 N–H and O–H groups in total. The van der Waals surface area contributed by atoms with Gasteiger partial charge in [-0.25, -0.2) is 9.97 Å². The molecule has 0 aliphatic rings. The van der Waals surface area contributed by atoms with Gasteiger partial charge in [0.2, 0.25) is 0 Å². The minimum atomic E-state index is 0.123. The molecule has 4 nitrogen and oxygen atoms in total. The monoisotopic (exact) mass is 249 g/mol. The average Bonchev–Trinajstić information content (AvgIpc) is 2.82. The maximum absolute atomic E-state index is 5.49. The van der Waals surface area contributed by atoms with E-state index in [-0.39, 0.29) is 6.10 Å². The van der Waals surface area contributed by atoms with Gasteiger partial charge in [0.25, 0.3) is 0 Å². The van der Waals surface area contributed by atoms with Crippen molar-refractivity contribution in [2.24, 2.45) is 0 Å². The molecule has 0 amide bonds. The summed E-state index contributed by atoms with van der Waals surface area (Å²) in [5, 5.41) is 5.30. The molecule has 0 spiro atoms. The van der Waals surface area contributed by atoms with Crippen LogP contribution in [-0.2, 0) is 4.74 Å². The summed E-state index contributed by atoms with van der Waals surface area (Å²) in [5.41, 5.74) is 0.979. The van der Waals surface area contributed by atoms with E-state index in [0.717, 1.165) is 22.6 Å². The zero-order chi connectivity index (χ0) is 12.1. The molecule has 90 valence electrons. The Morgan fingerprint density at radius 1 is 1.59 bits per heavy atom. The molecular formula is C12H15N3OS. The lowest BCUT2D eigenvalue weighted by Crippen LogP contribution is -2.20. The standard InChI is InChI=1S/C12H15N3OS/c1-3-5-16-9(2)7-13-12-11-10(4-6-17-11)14-8-15-12/h3-4,6,8-9H,1,5,7H2,2H3,(H,13,14,15). The number of anilines is 1. The first-order valence-electron chi connectivity index (χ1n) is 5.46. The number of thiophene rings is 1. The Morgan fingerprint density at radius 3 is 3.29 bits per heavy atom. The Bertz CT molecular complexity index is 497. The lowest BCUT2D eigenvalue weighted by Gasteiger charge is -2.13. The molecule has 0 saturated carbocycles. The van der Waals surface area contributed by atoms with Gasteiger partial charge in [0.05, 0.1) is 22.9 Å². The van der Waals surface area contributed by atoms with Crippen LogP contribution in [0.4, 0.5) is 5.82 Å². The van der Waals surface area contributed by atoms with Crippen LogP contribution in [0.15, 0.2) is 30.4 Å². The van der Waals surface area contributed by atoms with Gasteiger partial charge in [-0.05, 0) is 18.4 Å². The molecular weight excluding hydrogens is 234 g/mol. The molecule has 0 fully saturated rings. The molecule has 17 heavy (non-hydrogen) atoms. The summed E-state index contributed by atoms with van der Waals surface area (Å²) in [5.74, 6) is 0.874. The van der Waals surface area contributed by atoms with Crippen LogP contribution in [0, 0.1) is 0 Å². The quantitative estimate of drug-likeness (QED) is 0.800. The normalized spacial score (nSPS) is 12.5. The van der Waals surface area contributed by atoms with Gasteiger partial charge < -0.3 is 10.1 Å². The van der Waals surface area contributed by atoms with Crippen molar-refractivity contribution in [2.75, 3.05) is 18.5 Å². The molecule has 5 heteroatoms. The van der Waals surface area contributed by atoms with Gasteiger partial charge >= 0.3 is 0 Å². The first kappa shape index (κ1) is 12.0. The molecule has 0 aromatic carbocycles. The van der Waals surface area contributed by atoms with Crippen molar-refractivity contribution in [3.05, 3.63) is 30.4 Å². The third kappa shape index (κ3) is 3.01. The highest BCUT2D eigenvalue weighted by atomic mass is 32.1. The average molecular weight is 249 g/mol. The number of fused-ring (bicyclic) bond motifs is 1. The van der Waals surface area contributed by atoms with E-state index >= 15 is 0 Å². The number of aromatic nitrogens is 2. The first-order valence-corrected chi connectivity index (χ1v) is 6.34. The van der Waals surface area contributed by atoms with E-state index < -0.39 is 0 Å². The minimum Gasteiger partial charge on any atom is -0.373 e. The van der Waals surface area contributed by atoms with Crippen LogP contribution in [0.5, 0.6) is 0 Å². The van der Waals surface area contributed by atoms with Crippen LogP contribution in [0.3, 0.4) is 0 Å². The Hall–Kier alpha value is -1.46. The third-order valence-corrected chi connectivity index (χ3v) is 3.21. The van der Waals surface area contributed by atoms with E-state index in [2.05, 4.69) is 21.9 Å². The van der Waals surface area contributed by atoms with E-state index in [9.17, 15) is 0 Å². The van der Waals surface area contributed by atoms with E-state index in [4.69, 9.17) is 4.74 Å². The molecule has 1 unspecified atom stereocenters. The Balaban J connectivity index is 1.98. The summed E-state index contributed by atoms with van der Waals surface area (Å²) in [6.07, 6.45) is 3.45. The third-order valence-electron chi connectivity index (χ3n) is 2.30. The Morgan fingerprint density at radius 2 is 2.47 bits per heavy atom. The number of hydrogen-bond donors (Lipinski definition) is 1. The molecule has 2 aromatic heterocycles. The second-order valence-corrected chi connectivity index (χ2v) is 4.59. The Kier molecular flexibility index (Phi) is 4.06.